The first-order valence-electron chi connectivity index (χ1n) is 5.97. The second kappa shape index (κ2) is 4.28. The second-order valence-corrected chi connectivity index (χ2v) is 5.09. The summed E-state index contributed by atoms with van der Waals surface area (Å²) < 4.78 is 0. The molecule has 0 radical (unpaired) electrons. The molecule has 0 aliphatic carbocycles. The monoisotopic (exact) mass is 217 g/mol. The molecule has 2 rings (SSSR count). The van der Waals surface area contributed by atoms with Crippen molar-refractivity contribution in [3.8, 4) is 0 Å². The number of likely N-dealkylation sites (tertiary alicyclic amines) is 1. The fourth-order valence-electron chi connectivity index (χ4n) is 2.06. The molecule has 86 valence electrons. The fourth-order valence-corrected chi connectivity index (χ4v) is 2.06. The molecule has 0 bridgehead atoms. The molecule has 2 heteroatoms. The van der Waals surface area contributed by atoms with Crippen LogP contribution in [0.4, 0.5) is 0 Å². The molecule has 1 aliphatic heterocycles. The molecule has 0 saturated carbocycles. The molecular formula is C14H19NO. The van der Waals surface area contributed by atoms with Crippen molar-refractivity contribution in [3.05, 3.63) is 35.4 Å². The average Bonchev–Trinajstić information content (AvgIpc) is 2.24. The van der Waals surface area contributed by atoms with Crippen molar-refractivity contribution in [1.29, 1.82) is 0 Å². The van der Waals surface area contributed by atoms with Gasteiger partial charge in [-0.25, -0.2) is 0 Å². The molecule has 0 spiro atoms. The van der Waals surface area contributed by atoms with Gasteiger partial charge in [0.25, 0.3) is 5.91 Å². The molecule has 0 atom stereocenters. The van der Waals surface area contributed by atoms with Crippen LogP contribution in [0.5, 0.6) is 0 Å². The zero-order valence-corrected chi connectivity index (χ0v) is 10.2. The van der Waals surface area contributed by atoms with Crippen molar-refractivity contribution in [3.63, 3.8) is 0 Å². The van der Waals surface area contributed by atoms with E-state index in [9.17, 15) is 4.79 Å². The lowest BCUT2D eigenvalue weighted by atomic mass is 9.99. The minimum atomic E-state index is 0.174. The average molecular weight is 217 g/mol. The van der Waals surface area contributed by atoms with Crippen LogP contribution >= 0.6 is 0 Å². The molecule has 1 saturated heterocycles. The Hall–Kier alpha value is -1.31. The van der Waals surface area contributed by atoms with Crippen molar-refractivity contribution in [2.75, 3.05) is 13.1 Å². The van der Waals surface area contributed by atoms with Gasteiger partial charge in [0.2, 0.25) is 0 Å². The molecule has 1 amide bonds. The standard InChI is InChI=1S/C14H19NO/c1-10(2)12-4-6-13(7-5-12)14(16)15-8-11(3)9-15/h4-7,10-11H,8-9H2,1-3H3. The van der Waals surface area contributed by atoms with Crippen molar-refractivity contribution < 1.29 is 4.79 Å². The summed E-state index contributed by atoms with van der Waals surface area (Å²) in [6.07, 6.45) is 0. The topological polar surface area (TPSA) is 20.3 Å². The number of rotatable bonds is 2. The van der Waals surface area contributed by atoms with E-state index in [1.165, 1.54) is 5.56 Å². The maximum Gasteiger partial charge on any atom is 0.253 e. The number of carbonyl (C=O) groups is 1. The molecule has 16 heavy (non-hydrogen) atoms. The van der Waals surface area contributed by atoms with Crippen LogP contribution in [0.25, 0.3) is 0 Å². The first kappa shape index (κ1) is 11.2. The molecule has 0 unspecified atom stereocenters. The van der Waals surface area contributed by atoms with Crippen molar-refractivity contribution in [1.82, 2.24) is 4.90 Å². The third kappa shape index (κ3) is 2.11. The van der Waals surface area contributed by atoms with Gasteiger partial charge < -0.3 is 4.90 Å². The highest BCUT2D eigenvalue weighted by Crippen LogP contribution is 2.19. The molecule has 1 aliphatic rings. The second-order valence-electron chi connectivity index (χ2n) is 5.09. The molecular weight excluding hydrogens is 198 g/mol. The Morgan fingerprint density at radius 2 is 1.81 bits per heavy atom. The summed E-state index contributed by atoms with van der Waals surface area (Å²) in [6, 6.07) is 8.00. The number of nitrogens with zero attached hydrogens (tertiary/aromatic N) is 1. The SMILES string of the molecule is CC1CN(C(=O)c2ccc(C(C)C)cc2)C1. The van der Waals surface area contributed by atoms with Crippen LogP contribution in [0.2, 0.25) is 0 Å². The van der Waals surface area contributed by atoms with Gasteiger partial charge in [-0.05, 0) is 29.5 Å². The Balaban J connectivity index is 2.07. The molecule has 0 N–H and O–H groups in total. The normalized spacial score (nSPS) is 16.4. The van der Waals surface area contributed by atoms with Gasteiger partial charge in [0.1, 0.15) is 0 Å². The zero-order chi connectivity index (χ0) is 11.7. The fraction of sp³-hybridized carbons (Fsp3) is 0.500. The smallest absolute Gasteiger partial charge is 0.253 e. The van der Waals surface area contributed by atoms with Gasteiger partial charge in [-0.1, -0.05) is 32.9 Å². The molecule has 1 aromatic rings. The predicted molar refractivity (Wildman–Crippen MR) is 65.6 cm³/mol. The molecule has 1 aromatic carbocycles. The quantitative estimate of drug-likeness (QED) is 0.746. The maximum absolute atomic E-state index is 12.0. The Kier molecular flexibility index (Phi) is 2.99. The van der Waals surface area contributed by atoms with Crippen LogP contribution in [0.3, 0.4) is 0 Å². The summed E-state index contributed by atoms with van der Waals surface area (Å²) in [5, 5.41) is 0. The van der Waals surface area contributed by atoms with Gasteiger partial charge in [-0.2, -0.15) is 0 Å². The molecule has 1 heterocycles. The van der Waals surface area contributed by atoms with E-state index < -0.39 is 0 Å². The summed E-state index contributed by atoms with van der Waals surface area (Å²) in [6.45, 7) is 8.31. The number of amides is 1. The first-order valence-corrected chi connectivity index (χ1v) is 5.97. The van der Waals surface area contributed by atoms with Crippen molar-refractivity contribution >= 4 is 5.91 Å². The minimum Gasteiger partial charge on any atom is -0.338 e. The number of hydrogen-bond donors (Lipinski definition) is 0. The van der Waals surface area contributed by atoms with Gasteiger partial charge in [0.15, 0.2) is 0 Å². The number of benzene rings is 1. The maximum atomic E-state index is 12.0. The van der Waals surface area contributed by atoms with Gasteiger partial charge in [0.05, 0.1) is 0 Å². The molecule has 0 aromatic heterocycles. The minimum absolute atomic E-state index is 0.174. The van der Waals surface area contributed by atoms with Crippen LogP contribution in [-0.4, -0.2) is 23.9 Å². The van der Waals surface area contributed by atoms with Crippen LogP contribution in [0, 0.1) is 5.92 Å². The lowest BCUT2D eigenvalue weighted by molar-refractivity contribution is 0.0530. The third-order valence-corrected chi connectivity index (χ3v) is 3.18. The van der Waals surface area contributed by atoms with Gasteiger partial charge in [-0.15, -0.1) is 0 Å². The van der Waals surface area contributed by atoms with Crippen LogP contribution in [0.1, 0.15) is 42.6 Å². The summed E-state index contributed by atoms with van der Waals surface area (Å²) in [7, 11) is 0. The van der Waals surface area contributed by atoms with Crippen LogP contribution in [-0.2, 0) is 0 Å². The van der Waals surface area contributed by atoms with E-state index >= 15 is 0 Å². The largest absolute Gasteiger partial charge is 0.338 e. The van der Waals surface area contributed by atoms with E-state index in [1.807, 2.05) is 17.0 Å². The number of hydrogen-bond acceptors (Lipinski definition) is 1. The zero-order valence-electron chi connectivity index (χ0n) is 10.2. The van der Waals surface area contributed by atoms with Crippen LogP contribution in [0.15, 0.2) is 24.3 Å². The highest BCUT2D eigenvalue weighted by Gasteiger charge is 2.27. The molecule has 2 nitrogen and oxygen atoms in total. The van der Waals surface area contributed by atoms with Crippen molar-refractivity contribution in [2.45, 2.75) is 26.7 Å². The Bertz CT molecular complexity index is 374. The lowest BCUT2D eigenvalue weighted by Gasteiger charge is -2.37. The Morgan fingerprint density at radius 1 is 1.25 bits per heavy atom. The van der Waals surface area contributed by atoms with Gasteiger partial charge in [0, 0.05) is 18.7 Å². The van der Waals surface area contributed by atoms with Crippen LogP contribution < -0.4 is 0 Å². The highest BCUT2D eigenvalue weighted by molar-refractivity contribution is 5.94. The van der Waals surface area contributed by atoms with E-state index in [2.05, 4.69) is 32.9 Å². The van der Waals surface area contributed by atoms with E-state index in [0.717, 1.165) is 18.7 Å². The summed E-state index contributed by atoms with van der Waals surface area (Å²) >= 11 is 0. The van der Waals surface area contributed by atoms with E-state index in [1.54, 1.807) is 0 Å². The highest BCUT2D eigenvalue weighted by atomic mass is 16.2. The number of carbonyl (C=O) groups excluding carboxylic acids is 1. The summed E-state index contributed by atoms with van der Waals surface area (Å²) in [5.41, 5.74) is 2.10. The van der Waals surface area contributed by atoms with Gasteiger partial charge in [-0.3, -0.25) is 4.79 Å². The Morgan fingerprint density at radius 3 is 2.25 bits per heavy atom. The van der Waals surface area contributed by atoms with E-state index in [0.29, 0.717) is 11.8 Å². The van der Waals surface area contributed by atoms with Crippen molar-refractivity contribution in [2.24, 2.45) is 5.92 Å². The van der Waals surface area contributed by atoms with E-state index in [-0.39, 0.29) is 5.91 Å². The third-order valence-electron chi connectivity index (χ3n) is 3.18. The van der Waals surface area contributed by atoms with Gasteiger partial charge >= 0.3 is 0 Å². The summed E-state index contributed by atoms with van der Waals surface area (Å²) in [4.78, 5) is 13.9. The lowest BCUT2D eigenvalue weighted by Crippen LogP contribution is -2.48. The van der Waals surface area contributed by atoms with E-state index in [4.69, 9.17) is 0 Å². The predicted octanol–water partition coefficient (Wildman–Crippen LogP) is 2.90. The first-order chi connectivity index (χ1) is 7.58. The Labute approximate surface area is 97.3 Å². The summed E-state index contributed by atoms with van der Waals surface area (Å²) in [5.74, 6) is 1.36. The molecule has 1 fully saturated rings.